The molecular weight excluding hydrogens is 298 g/mol. The topological polar surface area (TPSA) is 21.1 Å². The van der Waals surface area contributed by atoms with Crippen molar-refractivity contribution in [3.05, 3.63) is 51.5 Å². The maximum absolute atomic E-state index is 4.72. The molecule has 21 heavy (non-hydrogen) atoms. The molecule has 3 aromatic rings. The Balaban J connectivity index is 1.48. The average Bonchev–Trinajstić information content (AvgIpc) is 2.93. The average molecular weight is 315 g/mol. The predicted molar refractivity (Wildman–Crippen MR) is 88.4 cm³/mol. The first-order valence-corrected chi connectivity index (χ1v) is 9.03. The molecule has 0 atom stereocenters. The highest BCUT2D eigenvalue weighted by molar-refractivity contribution is 7.09. The molecule has 1 aliphatic carbocycles. The normalized spacial score (nSPS) is 14.9. The van der Waals surface area contributed by atoms with E-state index in [1.165, 1.54) is 23.3 Å². The summed E-state index contributed by atoms with van der Waals surface area (Å²) in [5.41, 5.74) is 2.29. The van der Waals surface area contributed by atoms with Crippen LogP contribution < -0.4 is 0 Å². The third-order valence-electron chi connectivity index (χ3n) is 3.79. The highest BCUT2D eigenvalue weighted by atomic mass is 32.1. The van der Waals surface area contributed by atoms with E-state index in [0.717, 1.165) is 24.9 Å². The van der Waals surface area contributed by atoms with Gasteiger partial charge in [0.25, 0.3) is 0 Å². The van der Waals surface area contributed by atoms with Crippen molar-refractivity contribution in [2.45, 2.75) is 32.1 Å². The monoisotopic (exact) mass is 315 g/mol. The summed E-state index contributed by atoms with van der Waals surface area (Å²) in [6.07, 6.45) is 4.74. The molecule has 0 saturated heterocycles. The van der Waals surface area contributed by atoms with Crippen LogP contribution in [-0.2, 0) is 13.2 Å². The Kier molecular flexibility index (Phi) is 3.63. The van der Waals surface area contributed by atoms with Gasteiger partial charge in [0, 0.05) is 34.6 Å². The van der Waals surface area contributed by atoms with Gasteiger partial charge in [-0.25, -0.2) is 0 Å². The molecule has 0 aliphatic heterocycles. The second-order valence-electron chi connectivity index (χ2n) is 5.45. The van der Waals surface area contributed by atoms with Crippen molar-refractivity contribution < 1.29 is 0 Å². The van der Waals surface area contributed by atoms with Gasteiger partial charge in [0.15, 0.2) is 0 Å². The molecule has 0 bridgehead atoms. The third-order valence-corrected chi connectivity index (χ3v) is 5.33. The number of thiophene rings is 2. The number of rotatable bonds is 6. The van der Waals surface area contributed by atoms with E-state index in [0.29, 0.717) is 0 Å². The molecule has 3 aromatic heterocycles. The molecular formula is C16H17N3S2. The van der Waals surface area contributed by atoms with Gasteiger partial charge in [0.05, 0.1) is 12.4 Å². The van der Waals surface area contributed by atoms with Crippen LogP contribution in [0.2, 0.25) is 0 Å². The fourth-order valence-corrected chi connectivity index (χ4v) is 3.91. The second-order valence-corrected chi connectivity index (χ2v) is 7.26. The Morgan fingerprint density at radius 3 is 2.90 bits per heavy atom. The van der Waals surface area contributed by atoms with Gasteiger partial charge in [0.1, 0.15) is 0 Å². The van der Waals surface area contributed by atoms with Crippen molar-refractivity contribution >= 4 is 22.7 Å². The fourth-order valence-electron chi connectivity index (χ4n) is 2.53. The lowest BCUT2D eigenvalue weighted by Crippen LogP contribution is -2.28. The maximum atomic E-state index is 4.72. The Bertz CT molecular complexity index is 681. The van der Waals surface area contributed by atoms with Crippen LogP contribution in [0.15, 0.2) is 46.6 Å². The Morgan fingerprint density at radius 2 is 2.19 bits per heavy atom. The van der Waals surface area contributed by atoms with E-state index in [4.69, 9.17) is 5.10 Å². The van der Waals surface area contributed by atoms with Crippen molar-refractivity contribution in [1.29, 1.82) is 0 Å². The Labute approximate surface area is 132 Å². The molecule has 1 aliphatic rings. The first-order valence-electron chi connectivity index (χ1n) is 7.21. The lowest BCUT2D eigenvalue weighted by Gasteiger charge is -2.21. The molecule has 108 valence electrons. The smallest absolute Gasteiger partial charge is 0.0934 e. The lowest BCUT2D eigenvalue weighted by atomic mass is 10.2. The molecule has 0 amide bonds. The van der Waals surface area contributed by atoms with E-state index in [-0.39, 0.29) is 0 Å². The Morgan fingerprint density at radius 1 is 1.24 bits per heavy atom. The minimum atomic E-state index is 0.737. The number of hydrogen-bond acceptors (Lipinski definition) is 4. The van der Waals surface area contributed by atoms with Gasteiger partial charge in [-0.15, -0.1) is 11.3 Å². The first-order chi connectivity index (χ1) is 10.4. The summed E-state index contributed by atoms with van der Waals surface area (Å²) >= 11 is 3.56. The van der Waals surface area contributed by atoms with Crippen LogP contribution in [0.3, 0.4) is 0 Å². The minimum Gasteiger partial charge on any atom is -0.276 e. The van der Waals surface area contributed by atoms with Crippen molar-refractivity contribution in [3.63, 3.8) is 0 Å². The molecule has 3 heterocycles. The third kappa shape index (κ3) is 3.10. The van der Waals surface area contributed by atoms with Crippen molar-refractivity contribution in [2.75, 3.05) is 0 Å². The molecule has 0 aromatic carbocycles. The van der Waals surface area contributed by atoms with Crippen molar-refractivity contribution in [1.82, 2.24) is 14.7 Å². The summed E-state index contributed by atoms with van der Waals surface area (Å²) < 4.78 is 2.07. The lowest BCUT2D eigenvalue weighted by molar-refractivity contribution is 0.190. The number of hydrogen-bond donors (Lipinski definition) is 0. The second kappa shape index (κ2) is 5.75. The standard InChI is InChI=1S/C16H17N3S2/c1-2-15(21-8-1)10-18(14-3-4-14)12-19-7-5-16(17-19)13-6-9-20-11-13/h1-2,5-9,11,14H,3-4,10,12H2. The van der Waals surface area contributed by atoms with Crippen LogP contribution in [0, 0.1) is 0 Å². The van der Waals surface area contributed by atoms with Gasteiger partial charge >= 0.3 is 0 Å². The molecule has 5 heteroatoms. The molecule has 0 unspecified atom stereocenters. The molecule has 4 rings (SSSR count). The van der Waals surface area contributed by atoms with Crippen molar-refractivity contribution in [3.8, 4) is 11.3 Å². The zero-order chi connectivity index (χ0) is 14.1. The highest BCUT2D eigenvalue weighted by Crippen LogP contribution is 2.30. The van der Waals surface area contributed by atoms with E-state index >= 15 is 0 Å². The minimum absolute atomic E-state index is 0.737. The fraction of sp³-hybridized carbons (Fsp3) is 0.312. The van der Waals surface area contributed by atoms with Gasteiger partial charge in [0.2, 0.25) is 0 Å². The predicted octanol–water partition coefficient (Wildman–Crippen LogP) is 4.30. The quantitative estimate of drug-likeness (QED) is 0.676. The zero-order valence-corrected chi connectivity index (χ0v) is 13.3. The van der Waals surface area contributed by atoms with Crippen LogP contribution in [0.4, 0.5) is 0 Å². The summed E-state index contributed by atoms with van der Waals surface area (Å²) in [4.78, 5) is 3.98. The largest absolute Gasteiger partial charge is 0.276 e. The molecule has 3 nitrogen and oxygen atoms in total. The summed E-state index contributed by atoms with van der Waals surface area (Å²) in [5, 5.41) is 11.1. The molecule has 0 N–H and O–H groups in total. The molecule has 0 radical (unpaired) electrons. The summed E-state index contributed by atoms with van der Waals surface area (Å²) in [7, 11) is 0. The van der Waals surface area contributed by atoms with Gasteiger partial charge in [-0.1, -0.05) is 6.07 Å². The van der Waals surface area contributed by atoms with Crippen LogP contribution in [0.1, 0.15) is 17.7 Å². The summed E-state index contributed by atoms with van der Waals surface area (Å²) in [6, 6.07) is 9.33. The van der Waals surface area contributed by atoms with Crippen LogP contribution in [0.25, 0.3) is 11.3 Å². The van der Waals surface area contributed by atoms with E-state index < -0.39 is 0 Å². The maximum Gasteiger partial charge on any atom is 0.0934 e. The van der Waals surface area contributed by atoms with Gasteiger partial charge in [-0.05, 0) is 41.8 Å². The van der Waals surface area contributed by atoms with Gasteiger partial charge in [-0.3, -0.25) is 9.58 Å². The number of aromatic nitrogens is 2. The SMILES string of the molecule is c1csc(CN(Cn2ccc(-c3ccsc3)n2)C2CC2)c1. The Hall–Kier alpha value is -1.43. The number of nitrogens with zero attached hydrogens (tertiary/aromatic N) is 3. The summed E-state index contributed by atoms with van der Waals surface area (Å²) in [5.74, 6) is 0. The van der Waals surface area contributed by atoms with Gasteiger partial charge < -0.3 is 0 Å². The molecule has 1 fully saturated rings. The van der Waals surface area contributed by atoms with E-state index in [9.17, 15) is 0 Å². The molecule has 0 spiro atoms. The van der Waals surface area contributed by atoms with Crippen LogP contribution >= 0.6 is 22.7 Å². The first kappa shape index (κ1) is 13.2. The summed E-state index contributed by atoms with van der Waals surface area (Å²) in [6.45, 7) is 1.92. The zero-order valence-electron chi connectivity index (χ0n) is 11.7. The van der Waals surface area contributed by atoms with E-state index in [1.54, 1.807) is 11.3 Å². The van der Waals surface area contributed by atoms with Gasteiger partial charge in [-0.2, -0.15) is 16.4 Å². The highest BCUT2D eigenvalue weighted by Gasteiger charge is 2.29. The molecule has 1 saturated carbocycles. The van der Waals surface area contributed by atoms with Crippen LogP contribution in [-0.4, -0.2) is 20.7 Å². The van der Waals surface area contributed by atoms with Crippen molar-refractivity contribution in [2.24, 2.45) is 0 Å². The van der Waals surface area contributed by atoms with E-state index in [2.05, 4.69) is 56.2 Å². The van der Waals surface area contributed by atoms with Crippen LogP contribution in [0.5, 0.6) is 0 Å². The van der Waals surface area contributed by atoms with E-state index in [1.807, 2.05) is 11.3 Å².